The van der Waals surface area contributed by atoms with Gasteiger partial charge in [-0.1, -0.05) is 0 Å². The van der Waals surface area contributed by atoms with Crippen LogP contribution in [0.25, 0.3) is 0 Å². The molecule has 5 nitrogen and oxygen atoms in total. The average molecular weight is 286 g/mol. The molecule has 2 N–H and O–H groups in total. The predicted molar refractivity (Wildman–Crippen MR) is 75.2 cm³/mol. The van der Waals surface area contributed by atoms with Crippen molar-refractivity contribution in [1.82, 2.24) is 10.2 Å². The van der Waals surface area contributed by atoms with Gasteiger partial charge in [-0.3, -0.25) is 9.59 Å². The highest BCUT2D eigenvalue weighted by Gasteiger charge is 2.30. The second kappa shape index (κ2) is 7.14. The molecule has 0 radical (unpaired) electrons. The molecule has 2 saturated heterocycles. The number of aliphatic carboxylic acids is 1. The summed E-state index contributed by atoms with van der Waals surface area (Å²) >= 11 is 1.87. The summed E-state index contributed by atoms with van der Waals surface area (Å²) in [5.41, 5.74) is 0. The maximum absolute atomic E-state index is 12.3. The number of nitrogens with one attached hydrogen (secondary N) is 1. The monoisotopic (exact) mass is 286 g/mol. The van der Waals surface area contributed by atoms with Crippen LogP contribution in [0.1, 0.15) is 19.3 Å². The SMILES string of the molecule is O=C(O)CNCC1CCCN(C(=O)C2CCSC2)C1. The average Bonchev–Trinajstić information content (AvgIpc) is 2.91. The number of nitrogens with zero attached hydrogens (tertiary/aromatic N) is 1. The summed E-state index contributed by atoms with van der Waals surface area (Å²) in [5, 5.41) is 11.5. The van der Waals surface area contributed by atoms with Crippen LogP contribution in [0, 0.1) is 11.8 Å². The van der Waals surface area contributed by atoms with Gasteiger partial charge in [0.15, 0.2) is 0 Å². The van der Waals surface area contributed by atoms with Crippen LogP contribution in [0.2, 0.25) is 0 Å². The number of thioether (sulfide) groups is 1. The molecular weight excluding hydrogens is 264 g/mol. The highest BCUT2D eigenvalue weighted by molar-refractivity contribution is 7.99. The van der Waals surface area contributed by atoms with Gasteiger partial charge in [0.1, 0.15) is 0 Å². The Morgan fingerprint density at radius 2 is 2.21 bits per heavy atom. The van der Waals surface area contributed by atoms with Gasteiger partial charge in [0.05, 0.1) is 6.54 Å². The summed E-state index contributed by atoms with van der Waals surface area (Å²) in [5.74, 6) is 2.17. The summed E-state index contributed by atoms with van der Waals surface area (Å²) in [6, 6.07) is 0. The molecule has 1 amide bonds. The van der Waals surface area contributed by atoms with E-state index in [1.165, 1.54) is 0 Å². The number of hydrogen-bond donors (Lipinski definition) is 2. The molecule has 2 aliphatic heterocycles. The molecule has 0 aliphatic carbocycles. The van der Waals surface area contributed by atoms with Gasteiger partial charge in [0.25, 0.3) is 0 Å². The maximum atomic E-state index is 12.3. The van der Waals surface area contributed by atoms with Crippen molar-refractivity contribution in [3.8, 4) is 0 Å². The minimum absolute atomic E-state index is 0.00368. The van der Waals surface area contributed by atoms with Crippen molar-refractivity contribution in [2.24, 2.45) is 11.8 Å². The van der Waals surface area contributed by atoms with Gasteiger partial charge >= 0.3 is 5.97 Å². The Hall–Kier alpha value is -0.750. The third kappa shape index (κ3) is 4.38. The number of carboxylic acids is 1. The number of carboxylic acid groups (broad SMARTS) is 1. The van der Waals surface area contributed by atoms with E-state index >= 15 is 0 Å². The smallest absolute Gasteiger partial charge is 0.317 e. The van der Waals surface area contributed by atoms with Gasteiger partial charge in [-0.2, -0.15) is 11.8 Å². The first-order chi connectivity index (χ1) is 9.16. The van der Waals surface area contributed by atoms with E-state index in [1.54, 1.807) is 0 Å². The van der Waals surface area contributed by atoms with Crippen molar-refractivity contribution in [2.75, 3.05) is 37.7 Å². The zero-order valence-electron chi connectivity index (χ0n) is 11.1. The number of carbonyl (C=O) groups is 2. The molecule has 2 unspecified atom stereocenters. The van der Waals surface area contributed by atoms with Crippen LogP contribution in [0.4, 0.5) is 0 Å². The highest BCUT2D eigenvalue weighted by atomic mass is 32.2. The number of rotatable bonds is 5. The summed E-state index contributed by atoms with van der Waals surface area (Å²) < 4.78 is 0. The number of likely N-dealkylation sites (tertiary alicyclic amines) is 1. The lowest BCUT2D eigenvalue weighted by molar-refractivity contribution is -0.137. The Labute approximate surface area is 118 Å². The van der Waals surface area contributed by atoms with Gasteiger partial charge in [-0.05, 0) is 30.9 Å². The molecule has 108 valence electrons. The topological polar surface area (TPSA) is 69.6 Å². The van der Waals surface area contributed by atoms with E-state index < -0.39 is 5.97 Å². The van der Waals surface area contributed by atoms with Crippen molar-refractivity contribution < 1.29 is 14.7 Å². The van der Waals surface area contributed by atoms with Gasteiger partial charge in [0, 0.05) is 31.3 Å². The second-order valence-electron chi connectivity index (χ2n) is 5.38. The normalized spacial score (nSPS) is 27.5. The van der Waals surface area contributed by atoms with Crippen molar-refractivity contribution >= 4 is 23.6 Å². The first kappa shape index (κ1) is 14.7. The van der Waals surface area contributed by atoms with Crippen LogP contribution >= 0.6 is 11.8 Å². The van der Waals surface area contributed by atoms with Gasteiger partial charge in [-0.15, -0.1) is 0 Å². The van der Waals surface area contributed by atoms with Crippen LogP contribution in [-0.2, 0) is 9.59 Å². The predicted octanol–water partition coefficient (Wildman–Crippen LogP) is 0.652. The lowest BCUT2D eigenvalue weighted by atomic mass is 9.96. The molecule has 0 spiro atoms. The fourth-order valence-corrected chi connectivity index (χ4v) is 4.01. The van der Waals surface area contributed by atoms with Gasteiger partial charge in [-0.25, -0.2) is 0 Å². The molecule has 19 heavy (non-hydrogen) atoms. The van der Waals surface area contributed by atoms with Crippen LogP contribution in [0.3, 0.4) is 0 Å². The van der Waals surface area contributed by atoms with Crippen LogP contribution in [0.15, 0.2) is 0 Å². The second-order valence-corrected chi connectivity index (χ2v) is 6.53. The summed E-state index contributed by atoms with van der Waals surface area (Å²) in [6.07, 6.45) is 3.13. The molecule has 0 aromatic carbocycles. The van der Waals surface area contributed by atoms with Crippen molar-refractivity contribution in [3.05, 3.63) is 0 Å². The molecule has 2 atom stereocenters. The quantitative estimate of drug-likeness (QED) is 0.777. The zero-order valence-corrected chi connectivity index (χ0v) is 12.0. The maximum Gasteiger partial charge on any atom is 0.317 e. The number of amides is 1. The lowest BCUT2D eigenvalue weighted by Crippen LogP contribution is -2.45. The largest absolute Gasteiger partial charge is 0.480 e. The van der Waals surface area contributed by atoms with E-state index in [4.69, 9.17) is 5.11 Å². The number of carbonyl (C=O) groups excluding carboxylic acids is 1. The molecule has 0 saturated carbocycles. The van der Waals surface area contributed by atoms with E-state index in [0.29, 0.717) is 18.4 Å². The molecular formula is C13H22N2O3S. The fourth-order valence-electron chi connectivity index (χ4n) is 2.80. The number of piperidine rings is 1. The Bertz CT molecular complexity index is 332. The number of hydrogen-bond acceptors (Lipinski definition) is 4. The Balaban J connectivity index is 1.76. The Morgan fingerprint density at radius 1 is 1.37 bits per heavy atom. The minimum Gasteiger partial charge on any atom is -0.480 e. The van der Waals surface area contributed by atoms with Crippen LogP contribution < -0.4 is 5.32 Å². The third-order valence-electron chi connectivity index (χ3n) is 3.82. The molecule has 2 heterocycles. The summed E-state index contributed by atoms with van der Waals surface area (Å²) in [7, 11) is 0. The molecule has 2 rings (SSSR count). The van der Waals surface area contributed by atoms with Crippen molar-refractivity contribution in [3.63, 3.8) is 0 Å². The zero-order chi connectivity index (χ0) is 13.7. The molecule has 0 aromatic heterocycles. The summed E-state index contributed by atoms with van der Waals surface area (Å²) in [4.78, 5) is 24.8. The molecule has 6 heteroatoms. The molecule has 2 fully saturated rings. The highest BCUT2D eigenvalue weighted by Crippen LogP contribution is 2.27. The lowest BCUT2D eigenvalue weighted by Gasteiger charge is -2.34. The van der Waals surface area contributed by atoms with Crippen molar-refractivity contribution in [2.45, 2.75) is 19.3 Å². The summed E-state index contributed by atoms with van der Waals surface area (Å²) in [6.45, 7) is 2.35. The van der Waals surface area contributed by atoms with E-state index in [0.717, 1.165) is 43.9 Å². The van der Waals surface area contributed by atoms with Crippen LogP contribution in [0.5, 0.6) is 0 Å². The molecule has 2 aliphatic rings. The van der Waals surface area contributed by atoms with Gasteiger partial charge < -0.3 is 15.3 Å². The van der Waals surface area contributed by atoms with E-state index in [2.05, 4.69) is 5.32 Å². The van der Waals surface area contributed by atoms with E-state index in [-0.39, 0.29) is 12.5 Å². The van der Waals surface area contributed by atoms with Crippen LogP contribution in [-0.4, -0.2) is 59.6 Å². The Kier molecular flexibility index (Phi) is 5.51. The third-order valence-corrected chi connectivity index (χ3v) is 4.98. The Morgan fingerprint density at radius 3 is 2.89 bits per heavy atom. The molecule has 0 bridgehead atoms. The van der Waals surface area contributed by atoms with E-state index in [9.17, 15) is 9.59 Å². The molecule has 0 aromatic rings. The first-order valence-electron chi connectivity index (χ1n) is 6.96. The standard InChI is InChI=1S/C13H22N2O3S/c16-12(17)7-14-6-10-2-1-4-15(8-10)13(18)11-3-5-19-9-11/h10-11,14H,1-9H2,(H,16,17). The van der Waals surface area contributed by atoms with Crippen molar-refractivity contribution in [1.29, 1.82) is 0 Å². The minimum atomic E-state index is -0.827. The fraction of sp³-hybridized carbons (Fsp3) is 0.846. The van der Waals surface area contributed by atoms with E-state index in [1.807, 2.05) is 16.7 Å². The van der Waals surface area contributed by atoms with Gasteiger partial charge in [0.2, 0.25) is 5.91 Å². The first-order valence-corrected chi connectivity index (χ1v) is 8.11.